The maximum atomic E-state index is 5.37. The predicted molar refractivity (Wildman–Crippen MR) is 231 cm³/mol. The van der Waals surface area contributed by atoms with Crippen LogP contribution in [0.3, 0.4) is 0 Å². The fourth-order valence-electron chi connectivity index (χ4n) is 7.61. The van der Waals surface area contributed by atoms with E-state index in [1.54, 1.807) is 0 Å². The van der Waals surface area contributed by atoms with E-state index >= 15 is 0 Å². The van der Waals surface area contributed by atoms with Gasteiger partial charge in [-0.2, -0.15) is 0 Å². The number of pyridine rings is 2. The van der Waals surface area contributed by atoms with Crippen LogP contribution in [0.25, 0.3) is 100 Å². The molecule has 4 heteroatoms. The SMILES string of the molecule is c1ccc(-c2cccc(-c3cc(-c4cccc(-c5ccccc5)c4)nc(-c4cc(-c5ccnc6ccccc56)cc(-c5ccnc6ccccc56)c4)n3)c2)cc1. The Morgan fingerprint density at radius 3 is 1.16 bits per heavy atom. The summed E-state index contributed by atoms with van der Waals surface area (Å²) in [5, 5.41) is 2.17. The largest absolute Gasteiger partial charge is 0.256 e. The number of benzene rings is 7. The van der Waals surface area contributed by atoms with Crippen molar-refractivity contribution in [2.24, 2.45) is 0 Å². The molecule has 4 nitrogen and oxygen atoms in total. The predicted octanol–water partition coefficient (Wildman–Crippen LogP) is 13.2. The molecule has 262 valence electrons. The third-order valence-corrected chi connectivity index (χ3v) is 10.4. The molecule has 0 aliphatic heterocycles. The van der Waals surface area contributed by atoms with E-state index in [4.69, 9.17) is 9.97 Å². The molecule has 10 rings (SSSR count). The summed E-state index contributed by atoms with van der Waals surface area (Å²) in [6, 6.07) is 67.8. The molecular weight excluding hydrogens is 681 g/mol. The van der Waals surface area contributed by atoms with E-state index in [1.165, 1.54) is 0 Å². The van der Waals surface area contributed by atoms with Gasteiger partial charge in [0.2, 0.25) is 0 Å². The second-order valence-electron chi connectivity index (χ2n) is 13.9. The van der Waals surface area contributed by atoms with E-state index in [9.17, 15) is 0 Å². The lowest BCUT2D eigenvalue weighted by Gasteiger charge is -2.15. The quantitative estimate of drug-likeness (QED) is 0.165. The number of hydrogen-bond donors (Lipinski definition) is 0. The lowest BCUT2D eigenvalue weighted by Crippen LogP contribution is -1.97. The van der Waals surface area contributed by atoms with Crippen molar-refractivity contribution >= 4 is 21.8 Å². The van der Waals surface area contributed by atoms with Crippen LogP contribution in [0.5, 0.6) is 0 Å². The Labute approximate surface area is 325 Å². The van der Waals surface area contributed by atoms with Crippen LogP contribution in [0.1, 0.15) is 0 Å². The zero-order valence-electron chi connectivity index (χ0n) is 30.4. The summed E-state index contributed by atoms with van der Waals surface area (Å²) in [6.45, 7) is 0. The van der Waals surface area contributed by atoms with Crippen LogP contribution in [0.2, 0.25) is 0 Å². The molecule has 0 atom stereocenters. The van der Waals surface area contributed by atoms with Crippen LogP contribution in [0.15, 0.2) is 207 Å². The molecular formula is C52H34N4. The standard InChI is InChI=1S/C52H34N4/c1-3-13-35(14-4-1)37-17-11-19-39(29-37)50-34-51(40-20-12-18-38(30-40)36-15-5-2-6-16-36)56-52(55-50)43-32-41(44-25-27-53-48-23-9-7-21-46(44)48)31-42(33-43)45-26-28-54-49-24-10-8-22-47(45)49/h1-34H. The molecule has 0 amide bonds. The lowest BCUT2D eigenvalue weighted by molar-refractivity contribution is 1.18. The Balaban J connectivity index is 1.22. The molecule has 0 N–H and O–H groups in total. The third kappa shape index (κ3) is 6.40. The summed E-state index contributed by atoms with van der Waals surface area (Å²) in [4.78, 5) is 20.1. The first-order valence-corrected chi connectivity index (χ1v) is 18.8. The molecule has 0 saturated heterocycles. The van der Waals surface area contributed by atoms with Crippen LogP contribution >= 0.6 is 0 Å². The summed E-state index contributed by atoms with van der Waals surface area (Å²) < 4.78 is 0. The van der Waals surface area contributed by atoms with Crippen LogP contribution in [-0.2, 0) is 0 Å². The summed E-state index contributed by atoms with van der Waals surface area (Å²) in [6.07, 6.45) is 3.78. The highest BCUT2D eigenvalue weighted by atomic mass is 14.9. The number of rotatable bonds is 7. The number of aromatic nitrogens is 4. The monoisotopic (exact) mass is 714 g/mol. The number of hydrogen-bond acceptors (Lipinski definition) is 4. The zero-order valence-corrected chi connectivity index (χ0v) is 30.4. The molecule has 10 aromatic rings. The van der Waals surface area contributed by atoms with Gasteiger partial charge in [-0.05, 0) is 105 Å². The Morgan fingerprint density at radius 2 is 0.661 bits per heavy atom. The van der Waals surface area contributed by atoms with Gasteiger partial charge < -0.3 is 0 Å². The third-order valence-electron chi connectivity index (χ3n) is 10.4. The molecule has 0 spiro atoms. The fourth-order valence-corrected chi connectivity index (χ4v) is 7.61. The van der Waals surface area contributed by atoms with Crippen molar-refractivity contribution < 1.29 is 0 Å². The second-order valence-corrected chi connectivity index (χ2v) is 13.9. The summed E-state index contributed by atoms with van der Waals surface area (Å²) in [5.74, 6) is 0.646. The molecule has 0 saturated carbocycles. The molecule has 3 heterocycles. The molecule has 0 bridgehead atoms. The van der Waals surface area contributed by atoms with Gasteiger partial charge in [-0.1, -0.05) is 133 Å². The number of para-hydroxylation sites is 2. The molecule has 0 fully saturated rings. The van der Waals surface area contributed by atoms with Crippen molar-refractivity contribution in [1.82, 2.24) is 19.9 Å². The van der Waals surface area contributed by atoms with Crippen molar-refractivity contribution in [3.8, 4) is 78.4 Å². The molecule has 7 aromatic carbocycles. The number of fused-ring (bicyclic) bond motifs is 2. The molecule has 3 aromatic heterocycles. The van der Waals surface area contributed by atoms with Gasteiger partial charge in [0.05, 0.1) is 22.4 Å². The van der Waals surface area contributed by atoms with Gasteiger partial charge >= 0.3 is 0 Å². The van der Waals surface area contributed by atoms with Crippen molar-refractivity contribution in [2.75, 3.05) is 0 Å². The summed E-state index contributed by atoms with van der Waals surface area (Å²) in [7, 11) is 0. The van der Waals surface area contributed by atoms with Gasteiger partial charge in [0.25, 0.3) is 0 Å². The minimum Gasteiger partial charge on any atom is -0.256 e. The van der Waals surface area contributed by atoms with E-state index in [0.29, 0.717) is 5.82 Å². The van der Waals surface area contributed by atoms with Crippen LogP contribution in [0.4, 0.5) is 0 Å². The first kappa shape index (κ1) is 33.0. The van der Waals surface area contributed by atoms with Crippen LogP contribution in [0, 0.1) is 0 Å². The van der Waals surface area contributed by atoms with Crippen molar-refractivity contribution in [2.45, 2.75) is 0 Å². The first-order chi connectivity index (χ1) is 27.7. The average molecular weight is 715 g/mol. The van der Waals surface area contributed by atoms with Gasteiger partial charge in [-0.25, -0.2) is 9.97 Å². The smallest absolute Gasteiger partial charge is 0.160 e. The lowest BCUT2D eigenvalue weighted by atomic mass is 9.93. The highest BCUT2D eigenvalue weighted by Crippen LogP contribution is 2.38. The van der Waals surface area contributed by atoms with Gasteiger partial charge in [0, 0.05) is 39.9 Å². The minimum atomic E-state index is 0.646. The minimum absolute atomic E-state index is 0.646. The molecule has 0 unspecified atom stereocenters. The molecule has 0 aliphatic rings. The maximum absolute atomic E-state index is 5.37. The van der Waals surface area contributed by atoms with Gasteiger partial charge in [-0.15, -0.1) is 0 Å². The number of nitrogens with zero attached hydrogens (tertiary/aromatic N) is 4. The van der Waals surface area contributed by atoms with Crippen LogP contribution < -0.4 is 0 Å². The zero-order chi connectivity index (χ0) is 37.3. The average Bonchev–Trinajstić information content (AvgIpc) is 3.29. The summed E-state index contributed by atoms with van der Waals surface area (Å²) >= 11 is 0. The van der Waals surface area contributed by atoms with Crippen molar-refractivity contribution in [3.63, 3.8) is 0 Å². The van der Waals surface area contributed by atoms with E-state index in [1.807, 2.05) is 36.7 Å². The fraction of sp³-hybridized carbons (Fsp3) is 0. The molecule has 56 heavy (non-hydrogen) atoms. The summed E-state index contributed by atoms with van der Waals surface area (Å²) in [5.41, 5.74) is 15.5. The van der Waals surface area contributed by atoms with E-state index in [-0.39, 0.29) is 0 Å². The van der Waals surface area contributed by atoms with Crippen LogP contribution in [-0.4, -0.2) is 19.9 Å². The van der Waals surface area contributed by atoms with E-state index < -0.39 is 0 Å². The van der Waals surface area contributed by atoms with Crippen molar-refractivity contribution in [3.05, 3.63) is 207 Å². The van der Waals surface area contributed by atoms with Gasteiger partial charge in [-0.3, -0.25) is 9.97 Å². The highest BCUT2D eigenvalue weighted by Gasteiger charge is 2.17. The molecule has 0 radical (unpaired) electrons. The van der Waals surface area contributed by atoms with Gasteiger partial charge in [0.1, 0.15) is 0 Å². The van der Waals surface area contributed by atoms with E-state index in [2.05, 4.69) is 180 Å². The topological polar surface area (TPSA) is 51.6 Å². The highest BCUT2D eigenvalue weighted by molar-refractivity contribution is 5.99. The van der Waals surface area contributed by atoms with Gasteiger partial charge in [0.15, 0.2) is 5.82 Å². The first-order valence-electron chi connectivity index (χ1n) is 18.8. The maximum Gasteiger partial charge on any atom is 0.160 e. The second kappa shape index (κ2) is 14.3. The Hall–Kier alpha value is -7.56. The van der Waals surface area contributed by atoms with E-state index in [0.717, 1.165) is 94.4 Å². The molecule has 0 aliphatic carbocycles. The van der Waals surface area contributed by atoms with Crippen molar-refractivity contribution in [1.29, 1.82) is 0 Å². The Kier molecular flexibility index (Phi) is 8.47. The normalized spacial score (nSPS) is 11.2. The Morgan fingerprint density at radius 1 is 0.268 bits per heavy atom. The Bertz CT molecular complexity index is 2820.